The maximum atomic E-state index is 12.3. The van der Waals surface area contributed by atoms with E-state index in [1.807, 2.05) is 28.9 Å². The Hall–Kier alpha value is -2.76. The van der Waals surface area contributed by atoms with Crippen LogP contribution in [0.2, 0.25) is 0 Å². The summed E-state index contributed by atoms with van der Waals surface area (Å²) in [5.74, 6) is 2.03. The normalized spacial score (nSPS) is 17.1. The highest BCUT2D eigenvalue weighted by molar-refractivity contribution is 6.01. The molecule has 0 spiro atoms. The van der Waals surface area contributed by atoms with Crippen LogP contribution in [0.25, 0.3) is 6.08 Å². The number of rotatable bonds is 4. The second-order valence-corrected chi connectivity index (χ2v) is 6.39. The van der Waals surface area contributed by atoms with Crippen molar-refractivity contribution in [3.8, 4) is 11.5 Å². The molecule has 2 aliphatic rings. The molecule has 130 valence electrons. The van der Waals surface area contributed by atoms with Crippen LogP contribution in [-0.2, 0) is 4.79 Å². The number of fused-ring (bicyclic) bond motifs is 1. The highest BCUT2D eigenvalue weighted by atomic mass is 16.7. The van der Waals surface area contributed by atoms with E-state index in [0.29, 0.717) is 11.8 Å². The number of hydrogen-bond acceptors (Lipinski definition) is 4. The minimum absolute atomic E-state index is 0.171. The van der Waals surface area contributed by atoms with Gasteiger partial charge < -0.3 is 14.8 Å². The van der Waals surface area contributed by atoms with Crippen LogP contribution in [0.15, 0.2) is 36.5 Å². The molecule has 0 bridgehead atoms. The van der Waals surface area contributed by atoms with Crippen molar-refractivity contribution in [2.45, 2.75) is 38.1 Å². The van der Waals surface area contributed by atoms with Crippen molar-refractivity contribution >= 4 is 17.8 Å². The van der Waals surface area contributed by atoms with Gasteiger partial charge in [-0.05, 0) is 36.6 Å². The van der Waals surface area contributed by atoms with E-state index in [2.05, 4.69) is 10.4 Å². The summed E-state index contributed by atoms with van der Waals surface area (Å²) >= 11 is 0. The second kappa shape index (κ2) is 7.01. The lowest BCUT2D eigenvalue weighted by atomic mass is 9.96. The maximum Gasteiger partial charge on any atom is 0.249 e. The Morgan fingerprint density at radius 3 is 2.88 bits per heavy atom. The van der Waals surface area contributed by atoms with Gasteiger partial charge in [0.25, 0.3) is 0 Å². The molecule has 1 fully saturated rings. The summed E-state index contributed by atoms with van der Waals surface area (Å²) in [6.45, 7) is 0.244. The lowest BCUT2D eigenvalue weighted by Crippen LogP contribution is -2.19. The Bertz CT molecular complexity index is 791. The number of amides is 1. The number of anilines is 1. The molecule has 6 nitrogen and oxygen atoms in total. The van der Waals surface area contributed by atoms with Gasteiger partial charge in [0.1, 0.15) is 5.82 Å². The van der Waals surface area contributed by atoms with Crippen LogP contribution < -0.4 is 14.8 Å². The Morgan fingerprint density at radius 1 is 1.16 bits per heavy atom. The molecule has 0 saturated heterocycles. The zero-order valence-corrected chi connectivity index (χ0v) is 14.0. The van der Waals surface area contributed by atoms with Gasteiger partial charge in [0.2, 0.25) is 12.7 Å². The number of benzene rings is 1. The van der Waals surface area contributed by atoms with Gasteiger partial charge in [-0.25, -0.2) is 4.68 Å². The Kier molecular flexibility index (Phi) is 4.41. The zero-order valence-electron chi connectivity index (χ0n) is 14.0. The lowest BCUT2D eigenvalue weighted by molar-refractivity contribution is -0.111. The summed E-state index contributed by atoms with van der Waals surface area (Å²) in [6.07, 6.45) is 11.0. The molecule has 1 aromatic heterocycles. The van der Waals surface area contributed by atoms with Crippen LogP contribution in [0.1, 0.15) is 43.7 Å². The molecule has 6 heteroatoms. The van der Waals surface area contributed by atoms with E-state index in [1.165, 1.54) is 25.3 Å². The topological polar surface area (TPSA) is 65.4 Å². The SMILES string of the molecule is O=C(/C=C/c1ccc2c(c1)OCO2)Nc1ccnn1C1CCCCC1. The van der Waals surface area contributed by atoms with Crippen molar-refractivity contribution in [3.63, 3.8) is 0 Å². The molecule has 1 amide bonds. The van der Waals surface area contributed by atoms with Crippen LogP contribution in [0, 0.1) is 0 Å². The van der Waals surface area contributed by atoms with E-state index in [9.17, 15) is 4.79 Å². The largest absolute Gasteiger partial charge is 0.454 e. The molecule has 1 saturated carbocycles. The average molecular weight is 339 g/mol. The molecule has 0 atom stereocenters. The summed E-state index contributed by atoms with van der Waals surface area (Å²) < 4.78 is 12.6. The van der Waals surface area contributed by atoms with E-state index in [4.69, 9.17) is 9.47 Å². The predicted molar refractivity (Wildman–Crippen MR) is 94.6 cm³/mol. The first kappa shape index (κ1) is 15.7. The van der Waals surface area contributed by atoms with Gasteiger partial charge >= 0.3 is 0 Å². The van der Waals surface area contributed by atoms with Gasteiger partial charge in [-0.15, -0.1) is 0 Å². The van der Waals surface area contributed by atoms with Gasteiger partial charge in [-0.1, -0.05) is 25.3 Å². The summed E-state index contributed by atoms with van der Waals surface area (Å²) in [4.78, 5) is 12.3. The summed E-state index contributed by atoms with van der Waals surface area (Å²) in [7, 11) is 0. The van der Waals surface area contributed by atoms with Gasteiger partial charge in [0, 0.05) is 12.1 Å². The van der Waals surface area contributed by atoms with Crippen molar-refractivity contribution in [3.05, 3.63) is 42.1 Å². The molecule has 0 radical (unpaired) electrons. The number of ether oxygens (including phenoxy) is 2. The molecule has 1 N–H and O–H groups in total. The molecule has 2 aromatic rings. The Labute approximate surface area is 146 Å². The predicted octanol–water partition coefficient (Wildman–Crippen LogP) is 3.77. The number of nitrogens with zero attached hydrogens (tertiary/aromatic N) is 2. The van der Waals surface area contributed by atoms with E-state index >= 15 is 0 Å². The number of carbonyl (C=O) groups is 1. The summed E-state index contributed by atoms with van der Waals surface area (Å²) in [5, 5.41) is 7.33. The van der Waals surface area contributed by atoms with Gasteiger partial charge in [-0.3, -0.25) is 4.79 Å². The highest BCUT2D eigenvalue weighted by Gasteiger charge is 2.18. The zero-order chi connectivity index (χ0) is 17.1. The second-order valence-electron chi connectivity index (χ2n) is 6.39. The van der Waals surface area contributed by atoms with Crippen LogP contribution in [-0.4, -0.2) is 22.5 Å². The van der Waals surface area contributed by atoms with Gasteiger partial charge in [0.05, 0.1) is 12.2 Å². The fourth-order valence-corrected chi connectivity index (χ4v) is 3.39. The van der Waals surface area contributed by atoms with Crippen molar-refractivity contribution < 1.29 is 14.3 Å². The van der Waals surface area contributed by atoms with Crippen molar-refractivity contribution in [1.82, 2.24) is 9.78 Å². The standard InChI is InChI=1S/C19H21N3O3/c23-19(9-7-14-6-8-16-17(12-14)25-13-24-16)21-18-10-11-20-22(18)15-4-2-1-3-5-15/h6-12,15H,1-5,13H2,(H,21,23)/b9-7+. The molecular weight excluding hydrogens is 318 g/mol. The van der Waals surface area contributed by atoms with E-state index in [1.54, 1.807) is 12.3 Å². The molecule has 0 unspecified atom stereocenters. The van der Waals surface area contributed by atoms with Crippen molar-refractivity contribution in [1.29, 1.82) is 0 Å². The summed E-state index contributed by atoms with van der Waals surface area (Å²) in [5.41, 5.74) is 0.889. The quantitative estimate of drug-likeness (QED) is 0.861. The van der Waals surface area contributed by atoms with Crippen LogP contribution in [0.5, 0.6) is 11.5 Å². The van der Waals surface area contributed by atoms with E-state index in [0.717, 1.165) is 30.0 Å². The van der Waals surface area contributed by atoms with E-state index < -0.39 is 0 Å². The fourth-order valence-electron chi connectivity index (χ4n) is 3.39. The van der Waals surface area contributed by atoms with Crippen molar-refractivity contribution in [2.24, 2.45) is 0 Å². The summed E-state index contributed by atoms with van der Waals surface area (Å²) in [6, 6.07) is 7.83. The third-order valence-electron chi connectivity index (χ3n) is 4.67. The number of aromatic nitrogens is 2. The Balaban J connectivity index is 1.41. The lowest BCUT2D eigenvalue weighted by Gasteiger charge is -2.23. The molecule has 1 aliphatic carbocycles. The minimum Gasteiger partial charge on any atom is -0.454 e. The van der Waals surface area contributed by atoms with E-state index in [-0.39, 0.29) is 12.7 Å². The van der Waals surface area contributed by atoms with Crippen LogP contribution in [0.4, 0.5) is 5.82 Å². The monoisotopic (exact) mass is 339 g/mol. The maximum absolute atomic E-state index is 12.3. The average Bonchev–Trinajstić information content (AvgIpc) is 3.29. The molecule has 2 heterocycles. The molecule has 1 aromatic carbocycles. The third kappa shape index (κ3) is 3.52. The third-order valence-corrected chi connectivity index (χ3v) is 4.67. The fraction of sp³-hybridized carbons (Fsp3) is 0.368. The highest BCUT2D eigenvalue weighted by Crippen LogP contribution is 2.33. The molecule has 4 rings (SSSR count). The van der Waals surface area contributed by atoms with Crippen LogP contribution >= 0.6 is 0 Å². The molecule has 1 aliphatic heterocycles. The number of carbonyl (C=O) groups excluding carboxylic acids is 1. The molecular formula is C19H21N3O3. The minimum atomic E-state index is -0.171. The Morgan fingerprint density at radius 2 is 2.00 bits per heavy atom. The number of nitrogens with one attached hydrogen (secondary N) is 1. The first-order valence-electron chi connectivity index (χ1n) is 8.72. The molecule has 25 heavy (non-hydrogen) atoms. The van der Waals surface area contributed by atoms with Gasteiger partial charge in [-0.2, -0.15) is 5.10 Å². The first-order valence-corrected chi connectivity index (χ1v) is 8.72. The smallest absolute Gasteiger partial charge is 0.249 e. The van der Waals surface area contributed by atoms with Crippen LogP contribution in [0.3, 0.4) is 0 Å². The van der Waals surface area contributed by atoms with Gasteiger partial charge in [0.15, 0.2) is 11.5 Å². The number of hydrogen-bond donors (Lipinski definition) is 1. The first-order chi connectivity index (χ1) is 12.3. The van der Waals surface area contributed by atoms with Crippen molar-refractivity contribution in [2.75, 3.05) is 12.1 Å².